The molecule has 0 amide bonds. The summed E-state index contributed by atoms with van der Waals surface area (Å²) >= 11 is 18.2. The van der Waals surface area contributed by atoms with E-state index in [-0.39, 0.29) is 21.3 Å². The fourth-order valence-electron chi connectivity index (χ4n) is 11.3. The van der Waals surface area contributed by atoms with Gasteiger partial charge in [0.15, 0.2) is 11.6 Å². The zero-order chi connectivity index (χ0) is 78.9. The van der Waals surface area contributed by atoms with Gasteiger partial charge in [-0.15, -0.1) is 0 Å². The molecule has 584 valence electrons. The molecule has 0 radical (unpaired) electrons. The Kier molecular flexibility index (Phi) is 28.4. The molecular weight excluding hydrogens is 1530 g/mol. The summed E-state index contributed by atoms with van der Waals surface area (Å²) in [7, 11) is 2.98. The standard InChI is InChI=1S/C27H31ClN8O4S.2C15H20N4O2.C12H12Cl2N4O2S.CH4O3S/c1-34-17-18(15-30-34)19-13-22(25(39-3)14-24(19)36-9-11-40-12-10-36)32-27-29-16-20(28)26(33-27)31-21-7-5-6-8-23(21)35(2)41(4,37)38;2*1-18-10-11(9-17-18)12-7-13(16)15(20-2)8-14(12)19-3-5-21-6-4-19;1-18(21(2,19)20)10-6-4-3-5-9(10)16-11-8(13)7-15-12(14)17-11;1-5(2,3)4/h5-8,13-17H,9-12H2,1-4H3,(H2,29,31,32,33);2*7-10H,3-6,16H2,1-2H3;3-7H,1-2H3,(H,15,16,17);1H3,(H,2,3,4). The highest BCUT2D eigenvalue weighted by molar-refractivity contribution is 7.92. The molecule has 0 atom stereocenters. The smallest absolute Gasteiger partial charge is 0.261 e. The fourth-order valence-corrected chi connectivity index (χ4v) is 12.8. The van der Waals surface area contributed by atoms with Gasteiger partial charge in [0.25, 0.3) is 10.1 Å². The lowest BCUT2D eigenvalue weighted by Crippen LogP contribution is -2.36. The number of sulfonamides is 2. The molecule has 39 heteroatoms. The maximum Gasteiger partial charge on any atom is 0.261 e. The maximum absolute atomic E-state index is 12.2. The van der Waals surface area contributed by atoms with Crippen LogP contribution in [-0.4, -0.2) is 212 Å². The molecule has 5 aromatic carbocycles. The van der Waals surface area contributed by atoms with E-state index in [4.69, 9.17) is 79.2 Å². The lowest BCUT2D eigenvalue weighted by molar-refractivity contribution is 0.122. The van der Waals surface area contributed by atoms with Crippen LogP contribution < -0.4 is 64.9 Å². The fraction of sp³-hybridized carbons (Fsp3) is 0.329. The molecule has 3 aliphatic rings. The molecule has 3 fully saturated rings. The lowest BCUT2D eigenvalue weighted by Gasteiger charge is -2.31. The predicted octanol–water partition coefficient (Wildman–Crippen LogP) is 9.71. The third-order valence-electron chi connectivity index (χ3n) is 16.8. The van der Waals surface area contributed by atoms with E-state index in [0.29, 0.717) is 88.2 Å². The number of morpholine rings is 3. The summed E-state index contributed by atoms with van der Waals surface area (Å²) in [6, 6.07) is 25.8. The lowest BCUT2D eigenvalue weighted by atomic mass is 10.0. The molecule has 33 nitrogen and oxygen atoms in total. The van der Waals surface area contributed by atoms with E-state index in [9.17, 15) is 25.3 Å². The highest BCUT2D eigenvalue weighted by atomic mass is 35.5. The molecule has 0 unspecified atom stereocenters. The largest absolute Gasteiger partial charge is 0.495 e. The molecule has 0 saturated carbocycles. The number of hydrogen-bond donors (Lipinski definition) is 6. The number of rotatable bonds is 19. The normalized spacial score (nSPS) is 13.7. The Labute approximate surface area is 648 Å². The van der Waals surface area contributed by atoms with E-state index in [1.54, 1.807) is 83.9 Å². The minimum Gasteiger partial charge on any atom is -0.495 e. The summed E-state index contributed by atoms with van der Waals surface area (Å²) in [4.78, 5) is 23.5. The van der Waals surface area contributed by atoms with Crippen molar-refractivity contribution in [2.45, 2.75) is 0 Å². The van der Waals surface area contributed by atoms with Gasteiger partial charge in [-0.3, -0.25) is 27.2 Å². The molecule has 3 saturated heterocycles. The molecular formula is C70H87Cl3N20O13S3. The van der Waals surface area contributed by atoms with Crippen molar-refractivity contribution in [2.75, 3.05) is 184 Å². The van der Waals surface area contributed by atoms with Gasteiger partial charge in [-0.1, -0.05) is 47.5 Å². The average Bonchev–Trinajstić information content (AvgIpc) is 1.76. The van der Waals surface area contributed by atoms with Gasteiger partial charge < -0.3 is 70.5 Å². The van der Waals surface area contributed by atoms with Crippen LogP contribution in [0.2, 0.25) is 15.3 Å². The number of aryl methyl sites for hydroxylation is 3. The number of benzene rings is 5. The molecule has 109 heavy (non-hydrogen) atoms. The molecule has 0 aliphatic carbocycles. The number of hydrogen-bond acceptors (Lipinski definition) is 27. The van der Waals surface area contributed by atoms with Gasteiger partial charge in [0.2, 0.25) is 31.3 Å². The monoisotopic (exact) mass is 1620 g/mol. The molecule has 0 bridgehead atoms. The van der Waals surface area contributed by atoms with E-state index in [1.165, 1.54) is 30.8 Å². The van der Waals surface area contributed by atoms with E-state index in [0.717, 1.165) is 133 Å². The van der Waals surface area contributed by atoms with E-state index in [2.05, 4.69) is 65.9 Å². The number of para-hydroxylation sites is 4. The number of nitrogens with two attached hydrogens (primary N) is 2. The van der Waals surface area contributed by atoms with Crippen molar-refractivity contribution in [1.29, 1.82) is 0 Å². The second-order valence-electron chi connectivity index (χ2n) is 24.6. The first-order valence-electron chi connectivity index (χ1n) is 33.4. The first-order chi connectivity index (χ1) is 51.8. The zero-order valence-electron chi connectivity index (χ0n) is 61.8. The van der Waals surface area contributed by atoms with Crippen LogP contribution in [0.5, 0.6) is 17.2 Å². The number of nitrogen functional groups attached to an aromatic ring is 2. The summed E-state index contributed by atoms with van der Waals surface area (Å²) in [6.45, 7) is 9.19. The quantitative estimate of drug-likeness (QED) is 0.0249. The van der Waals surface area contributed by atoms with Crippen molar-refractivity contribution >= 4 is 139 Å². The van der Waals surface area contributed by atoms with Crippen LogP contribution in [-0.2, 0) is 65.5 Å². The first kappa shape index (κ1) is 82.9. The zero-order valence-corrected chi connectivity index (χ0v) is 66.5. The third kappa shape index (κ3) is 22.7. The van der Waals surface area contributed by atoms with Crippen molar-refractivity contribution in [3.63, 3.8) is 0 Å². The van der Waals surface area contributed by atoms with Gasteiger partial charge in [-0.05, 0) is 54.1 Å². The second-order valence-corrected chi connectivity index (χ2v) is 31.3. The van der Waals surface area contributed by atoms with Gasteiger partial charge in [0.05, 0.1) is 151 Å². The van der Waals surface area contributed by atoms with Crippen LogP contribution in [0, 0.1) is 0 Å². The number of nitrogens with zero attached hydrogens (tertiary/aromatic N) is 15. The number of methoxy groups -OCH3 is 3. The van der Waals surface area contributed by atoms with Gasteiger partial charge >= 0.3 is 0 Å². The number of ether oxygens (including phenoxy) is 6. The van der Waals surface area contributed by atoms with Crippen LogP contribution in [0.15, 0.2) is 135 Å². The van der Waals surface area contributed by atoms with E-state index in [1.807, 2.05) is 94.7 Å². The van der Waals surface area contributed by atoms with E-state index >= 15 is 0 Å². The Morgan fingerprint density at radius 2 is 0.817 bits per heavy atom. The second kappa shape index (κ2) is 37.3. The summed E-state index contributed by atoms with van der Waals surface area (Å²) < 4.78 is 114. The molecule has 5 aromatic heterocycles. The third-order valence-corrected chi connectivity index (χ3v) is 19.9. The summed E-state index contributed by atoms with van der Waals surface area (Å²) in [6.07, 6.45) is 17.3. The minimum absolute atomic E-state index is 0.0378. The number of nitrogens with one attached hydrogen (secondary N) is 3. The van der Waals surface area contributed by atoms with Gasteiger partial charge in [0.1, 0.15) is 27.3 Å². The van der Waals surface area contributed by atoms with Crippen LogP contribution in [0.4, 0.5) is 74.5 Å². The highest BCUT2D eigenvalue weighted by Gasteiger charge is 2.25. The Morgan fingerprint density at radius 1 is 0.477 bits per heavy atom. The van der Waals surface area contributed by atoms with Crippen LogP contribution in [0.25, 0.3) is 33.4 Å². The van der Waals surface area contributed by atoms with Crippen molar-refractivity contribution in [3.8, 4) is 50.6 Å². The summed E-state index contributed by atoms with van der Waals surface area (Å²) in [5.41, 5.74) is 25.4. The molecule has 8 N–H and O–H groups in total. The average molecular weight is 1620 g/mol. The van der Waals surface area contributed by atoms with Crippen LogP contribution >= 0.6 is 34.8 Å². The Bertz CT molecular complexity index is 5000. The van der Waals surface area contributed by atoms with Gasteiger partial charge in [0, 0.05) is 162 Å². The van der Waals surface area contributed by atoms with E-state index < -0.39 is 30.2 Å². The topological polar surface area (TPSA) is 387 Å². The van der Waals surface area contributed by atoms with Gasteiger partial charge in [-0.25, -0.2) is 26.8 Å². The van der Waals surface area contributed by atoms with Crippen LogP contribution in [0.3, 0.4) is 0 Å². The number of aromatic nitrogens is 10. The Hall–Kier alpha value is -10.2. The van der Waals surface area contributed by atoms with Crippen molar-refractivity contribution < 1.29 is 58.2 Å². The number of halogens is 3. The minimum atomic E-state index is -3.67. The molecule has 3 aliphatic heterocycles. The SMILES string of the molecule is CN(c1ccccc1Nc1nc(Cl)ncc1Cl)S(C)(=O)=O.COc1cc(N2CCOCC2)c(-c2cnn(C)c2)cc1N.COc1cc(N2CCOCC2)c(-c2cnn(C)c2)cc1N.COc1cc(N2CCOCC2)c(-c2cnn(C)c2)cc1Nc1ncc(Cl)c(Nc2ccccc2N(C)S(C)(=O)=O)n1.CS(=O)(=O)O. The first-order valence-corrected chi connectivity index (χ1v) is 40.1. The Balaban J connectivity index is 0.000000172. The summed E-state index contributed by atoms with van der Waals surface area (Å²) in [5.74, 6) is 2.86. The Morgan fingerprint density at radius 3 is 1.17 bits per heavy atom. The predicted molar refractivity (Wildman–Crippen MR) is 429 cm³/mol. The summed E-state index contributed by atoms with van der Waals surface area (Å²) in [5, 5.41) is 22.8. The van der Waals surface area contributed by atoms with Crippen LogP contribution in [0.1, 0.15) is 0 Å². The number of anilines is 13. The van der Waals surface area contributed by atoms with Gasteiger partial charge in [-0.2, -0.15) is 33.7 Å². The maximum atomic E-state index is 12.2. The highest BCUT2D eigenvalue weighted by Crippen LogP contribution is 2.43. The molecule has 0 spiro atoms. The molecule has 10 aromatic rings. The van der Waals surface area contributed by atoms with Crippen molar-refractivity contribution in [2.24, 2.45) is 21.1 Å². The molecule has 8 heterocycles. The van der Waals surface area contributed by atoms with Crippen molar-refractivity contribution in [3.05, 3.63) is 150 Å². The molecule has 13 rings (SSSR count). The van der Waals surface area contributed by atoms with Crippen molar-refractivity contribution in [1.82, 2.24) is 49.3 Å².